The van der Waals surface area contributed by atoms with E-state index in [9.17, 15) is 4.79 Å². The molecule has 1 aliphatic rings. The third kappa shape index (κ3) is 3.83. The van der Waals surface area contributed by atoms with Gasteiger partial charge in [0.25, 0.3) is 0 Å². The van der Waals surface area contributed by atoms with E-state index in [1.54, 1.807) is 11.1 Å². The summed E-state index contributed by atoms with van der Waals surface area (Å²) in [6.45, 7) is 8.94. The molecule has 0 aromatic carbocycles. The first-order chi connectivity index (χ1) is 9.35. The molecule has 1 aromatic rings. The fourth-order valence-corrected chi connectivity index (χ4v) is 2.18. The predicted octanol–water partition coefficient (Wildman–Crippen LogP) is 3.41. The first-order valence-corrected chi connectivity index (χ1v) is 6.95. The van der Waals surface area contributed by atoms with E-state index in [1.165, 1.54) is 0 Å². The van der Waals surface area contributed by atoms with Crippen LogP contribution in [-0.4, -0.2) is 34.7 Å². The molecule has 0 saturated heterocycles. The second kappa shape index (κ2) is 5.65. The molecular weight excluding hydrogens is 252 g/mol. The van der Waals surface area contributed by atoms with Gasteiger partial charge < -0.3 is 9.64 Å². The Labute approximate surface area is 120 Å². The van der Waals surface area contributed by atoms with Gasteiger partial charge in [0.05, 0.1) is 0 Å². The van der Waals surface area contributed by atoms with Gasteiger partial charge in [-0.25, -0.2) is 4.79 Å². The molecule has 20 heavy (non-hydrogen) atoms. The normalized spacial score (nSPS) is 15.8. The van der Waals surface area contributed by atoms with Gasteiger partial charge >= 0.3 is 6.09 Å². The Morgan fingerprint density at radius 3 is 2.80 bits per heavy atom. The number of pyridine rings is 1. The maximum absolute atomic E-state index is 12.1. The molecule has 2 rings (SSSR count). The van der Waals surface area contributed by atoms with Crippen LogP contribution in [0.2, 0.25) is 0 Å². The standard InChI is InChI=1S/C16H22N2O2/c1-12-10-13(7-8-17-12)14-6-5-9-18(11-14)15(19)20-16(2,3)4/h6-8,10H,5,9,11H2,1-4H3. The van der Waals surface area contributed by atoms with Gasteiger partial charge in [0.1, 0.15) is 5.60 Å². The number of hydrogen-bond acceptors (Lipinski definition) is 3. The fourth-order valence-electron chi connectivity index (χ4n) is 2.18. The third-order valence-corrected chi connectivity index (χ3v) is 3.07. The minimum Gasteiger partial charge on any atom is -0.444 e. The van der Waals surface area contributed by atoms with Crippen LogP contribution in [0.15, 0.2) is 24.4 Å². The number of rotatable bonds is 1. The van der Waals surface area contributed by atoms with Gasteiger partial charge in [-0.3, -0.25) is 4.98 Å². The van der Waals surface area contributed by atoms with E-state index < -0.39 is 5.60 Å². The van der Waals surface area contributed by atoms with E-state index in [2.05, 4.69) is 11.1 Å². The van der Waals surface area contributed by atoms with Crippen molar-refractivity contribution in [3.8, 4) is 0 Å². The summed E-state index contributed by atoms with van der Waals surface area (Å²) in [5.74, 6) is 0. The summed E-state index contributed by atoms with van der Waals surface area (Å²) in [7, 11) is 0. The lowest BCUT2D eigenvalue weighted by Crippen LogP contribution is -2.39. The lowest BCUT2D eigenvalue weighted by atomic mass is 10.0. The highest BCUT2D eigenvalue weighted by Gasteiger charge is 2.24. The highest BCUT2D eigenvalue weighted by molar-refractivity contribution is 5.75. The maximum Gasteiger partial charge on any atom is 0.410 e. The molecule has 0 saturated carbocycles. The maximum atomic E-state index is 12.1. The van der Waals surface area contributed by atoms with Gasteiger partial charge in [-0.05, 0) is 57.4 Å². The van der Waals surface area contributed by atoms with Crippen LogP contribution in [0, 0.1) is 6.92 Å². The van der Waals surface area contributed by atoms with Crippen LogP contribution in [0.25, 0.3) is 5.57 Å². The van der Waals surface area contributed by atoms with E-state index in [0.717, 1.165) is 23.3 Å². The third-order valence-electron chi connectivity index (χ3n) is 3.07. The molecule has 0 N–H and O–H groups in total. The van der Waals surface area contributed by atoms with Crippen molar-refractivity contribution in [3.05, 3.63) is 35.7 Å². The monoisotopic (exact) mass is 274 g/mol. The Bertz CT molecular complexity index is 530. The van der Waals surface area contributed by atoms with Crippen LogP contribution >= 0.6 is 0 Å². The molecule has 1 aromatic heterocycles. The molecule has 1 aliphatic heterocycles. The summed E-state index contributed by atoms with van der Waals surface area (Å²) in [5.41, 5.74) is 2.82. The molecule has 0 unspecified atom stereocenters. The van der Waals surface area contributed by atoms with Crippen molar-refractivity contribution in [1.82, 2.24) is 9.88 Å². The van der Waals surface area contributed by atoms with Crippen LogP contribution in [0.5, 0.6) is 0 Å². The first-order valence-electron chi connectivity index (χ1n) is 6.95. The molecule has 0 bridgehead atoms. The largest absolute Gasteiger partial charge is 0.444 e. The number of aromatic nitrogens is 1. The van der Waals surface area contributed by atoms with Gasteiger partial charge in [0, 0.05) is 25.0 Å². The summed E-state index contributed by atoms with van der Waals surface area (Å²) in [5, 5.41) is 0. The number of carbonyl (C=O) groups excluding carboxylic acids is 1. The van der Waals surface area contributed by atoms with Gasteiger partial charge in [0.2, 0.25) is 0 Å². The lowest BCUT2D eigenvalue weighted by molar-refractivity contribution is 0.0273. The van der Waals surface area contributed by atoms with Gasteiger partial charge in [-0.2, -0.15) is 0 Å². The summed E-state index contributed by atoms with van der Waals surface area (Å²) in [4.78, 5) is 18.1. The molecule has 4 nitrogen and oxygen atoms in total. The van der Waals surface area contributed by atoms with Crippen LogP contribution in [0.4, 0.5) is 4.79 Å². The number of aryl methyl sites for hydroxylation is 1. The molecular formula is C16H22N2O2. The van der Waals surface area contributed by atoms with Crippen molar-refractivity contribution in [2.24, 2.45) is 0 Å². The zero-order valence-corrected chi connectivity index (χ0v) is 12.6. The van der Waals surface area contributed by atoms with Crippen molar-refractivity contribution < 1.29 is 9.53 Å². The summed E-state index contributed by atoms with van der Waals surface area (Å²) in [6, 6.07) is 4.03. The average molecular weight is 274 g/mol. The minimum absolute atomic E-state index is 0.242. The van der Waals surface area contributed by atoms with Crippen molar-refractivity contribution >= 4 is 11.7 Å². The van der Waals surface area contributed by atoms with E-state index in [4.69, 9.17) is 4.74 Å². The van der Waals surface area contributed by atoms with Crippen LogP contribution < -0.4 is 0 Å². The Morgan fingerprint density at radius 2 is 2.15 bits per heavy atom. The second-order valence-corrected chi connectivity index (χ2v) is 6.11. The Balaban J connectivity index is 2.09. The van der Waals surface area contributed by atoms with Gasteiger partial charge in [-0.1, -0.05) is 6.08 Å². The number of ether oxygens (including phenoxy) is 1. The van der Waals surface area contributed by atoms with Crippen molar-refractivity contribution in [1.29, 1.82) is 0 Å². The fraction of sp³-hybridized carbons (Fsp3) is 0.500. The number of amides is 1. The number of carbonyl (C=O) groups is 1. The van der Waals surface area contributed by atoms with Gasteiger partial charge in [0.15, 0.2) is 0 Å². The van der Waals surface area contributed by atoms with Crippen molar-refractivity contribution in [2.75, 3.05) is 13.1 Å². The Kier molecular flexibility index (Phi) is 4.12. The van der Waals surface area contributed by atoms with Crippen LogP contribution in [0.3, 0.4) is 0 Å². The van der Waals surface area contributed by atoms with E-state index in [1.807, 2.05) is 39.8 Å². The highest BCUT2D eigenvalue weighted by Crippen LogP contribution is 2.22. The zero-order chi connectivity index (χ0) is 14.8. The quantitative estimate of drug-likeness (QED) is 0.788. The summed E-state index contributed by atoms with van der Waals surface area (Å²) in [6.07, 6.45) is 4.61. The summed E-state index contributed by atoms with van der Waals surface area (Å²) < 4.78 is 5.43. The van der Waals surface area contributed by atoms with E-state index >= 15 is 0 Å². The minimum atomic E-state index is -0.453. The Hall–Kier alpha value is -1.84. The van der Waals surface area contributed by atoms with Crippen molar-refractivity contribution in [3.63, 3.8) is 0 Å². The average Bonchev–Trinajstić information content (AvgIpc) is 2.37. The topological polar surface area (TPSA) is 42.4 Å². The molecule has 108 valence electrons. The smallest absolute Gasteiger partial charge is 0.410 e. The molecule has 0 spiro atoms. The van der Waals surface area contributed by atoms with E-state index in [-0.39, 0.29) is 6.09 Å². The van der Waals surface area contributed by atoms with Crippen molar-refractivity contribution in [2.45, 2.75) is 39.7 Å². The first kappa shape index (κ1) is 14.6. The molecule has 0 aliphatic carbocycles. The van der Waals surface area contributed by atoms with Gasteiger partial charge in [-0.15, -0.1) is 0 Å². The molecule has 4 heteroatoms. The second-order valence-electron chi connectivity index (χ2n) is 6.11. The summed E-state index contributed by atoms with van der Waals surface area (Å²) >= 11 is 0. The lowest BCUT2D eigenvalue weighted by Gasteiger charge is -2.30. The molecule has 1 amide bonds. The van der Waals surface area contributed by atoms with E-state index in [0.29, 0.717) is 13.1 Å². The molecule has 0 fully saturated rings. The highest BCUT2D eigenvalue weighted by atomic mass is 16.6. The molecule has 0 atom stereocenters. The number of nitrogens with zero attached hydrogens (tertiary/aromatic N) is 2. The SMILES string of the molecule is Cc1cc(C2=CCCN(C(=O)OC(C)(C)C)C2)ccn1. The van der Waals surface area contributed by atoms with Crippen LogP contribution in [-0.2, 0) is 4.74 Å². The zero-order valence-electron chi connectivity index (χ0n) is 12.6. The van der Waals surface area contributed by atoms with Crippen LogP contribution in [0.1, 0.15) is 38.4 Å². The predicted molar refractivity (Wildman–Crippen MR) is 79.4 cm³/mol. The molecule has 0 radical (unpaired) electrons. The molecule has 2 heterocycles. The Morgan fingerprint density at radius 1 is 1.40 bits per heavy atom. The number of hydrogen-bond donors (Lipinski definition) is 0.